The van der Waals surface area contributed by atoms with Crippen LogP contribution in [0.25, 0.3) is 76.5 Å². The second kappa shape index (κ2) is 11.5. The Morgan fingerprint density at radius 3 is 1.82 bits per heavy atom. The van der Waals surface area contributed by atoms with E-state index in [0.29, 0.717) is 0 Å². The molecule has 2 heteroatoms. The van der Waals surface area contributed by atoms with Crippen molar-refractivity contribution in [1.82, 2.24) is 0 Å². The molecule has 0 amide bonds. The summed E-state index contributed by atoms with van der Waals surface area (Å²) < 4.78 is 6.96. The third-order valence-corrected chi connectivity index (χ3v) is 10.0. The molecule has 9 aromatic carbocycles. The molecule has 0 bridgehead atoms. The fourth-order valence-electron chi connectivity index (χ4n) is 7.60. The summed E-state index contributed by atoms with van der Waals surface area (Å²) in [5, 5.41) is 9.45. The van der Waals surface area contributed by atoms with Crippen LogP contribution in [0.3, 0.4) is 0 Å². The van der Waals surface area contributed by atoms with E-state index >= 15 is 0 Å². The Morgan fingerprint density at radius 1 is 0.340 bits per heavy atom. The highest BCUT2D eigenvalue weighted by Gasteiger charge is 2.20. The molecule has 0 radical (unpaired) electrons. The summed E-state index contributed by atoms with van der Waals surface area (Å²) in [6.07, 6.45) is 0. The summed E-state index contributed by atoms with van der Waals surface area (Å²) in [6, 6.07) is 67.4. The SMILES string of the molecule is c1ccc(-c2ccc(N(c3ccc4c(c3)oc3c(-c5ccc6ccccc6c5)c5ccccc5cc34)c3cccc4ccccc34)cc2)cc1. The highest BCUT2D eigenvalue weighted by molar-refractivity contribution is 6.19. The summed E-state index contributed by atoms with van der Waals surface area (Å²) in [7, 11) is 0. The second-order valence-corrected chi connectivity index (χ2v) is 12.9. The van der Waals surface area contributed by atoms with E-state index in [0.717, 1.165) is 50.1 Å². The van der Waals surface area contributed by atoms with Crippen LogP contribution in [-0.2, 0) is 0 Å². The van der Waals surface area contributed by atoms with Gasteiger partial charge in [0.05, 0.1) is 5.69 Å². The van der Waals surface area contributed by atoms with Gasteiger partial charge in [-0.05, 0) is 86.1 Å². The zero-order valence-corrected chi connectivity index (χ0v) is 27.3. The Bertz CT molecular complexity index is 2860. The maximum Gasteiger partial charge on any atom is 0.143 e. The van der Waals surface area contributed by atoms with E-state index in [4.69, 9.17) is 4.42 Å². The fourth-order valence-corrected chi connectivity index (χ4v) is 7.60. The smallest absolute Gasteiger partial charge is 0.143 e. The first kappa shape index (κ1) is 28.4. The van der Waals surface area contributed by atoms with Crippen LogP contribution >= 0.6 is 0 Å². The van der Waals surface area contributed by atoms with Crippen LogP contribution in [0.1, 0.15) is 0 Å². The van der Waals surface area contributed by atoms with Crippen LogP contribution in [0.4, 0.5) is 17.1 Å². The van der Waals surface area contributed by atoms with Crippen molar-refractivity contribution in [2.24, 2.45) is 0 Å². The van der Waals surface area contributed by atoms with Crippen molar-refractivity contribution in [3.63, 3.8) is 0 Å². The molecule has 10 aromatic rings. The van der Waals surface area contributed by atoms with Gasteiger partial charge in [-0.25, -0.2) is 0 Å². The zero-order chi connectivity index (χ0) is 33.0. The van der Waals surface area contributed by atoms with Crippen molar-refractivity contribution in [2.75, 3.05) is 4.90 Å². The molecule has 50 heavy (non-hydrogen) atoms. The minimum Gasteiger partial charge on any atom is -0.455 e. The standard InChI is InChI=1S/C48H31NO/c1-2-11-32(12-3-1)34-23-25-39(26-24-34)49(45-20-10-17-35-14-6-8-18-41(35)45)40-27-28-43-44-30-37-16-7-9-19-42(37)47(48(44)50-46(43)31-40)38-22-21-33-13-4-5-15-36(33)29-38/h1-31H. The quantitative estimate of drug-likeness (QED) is 0.187. The molecule has 2 nitrogen and oxygen atoms in total. The lowest BCUT2D eigenvalue weighted by Crippen LogP contribution is -2.10. The van der Waals surface area contributed by atoms with Gasteiger partial charge >= 0.3 is 0 Å². The van der Waals surface area contributed by atoms with E-state index in [-0.39, 0.29) is 0 Å². The first-order chi connectivity index (χ1) is 24.8. The normalized spacial score (nSPS) is 11.6. The predicted molar refractivity (Wildman–Crippen MR) is 212 cm³/mol. The number of furan rings is 1. The average molecular weight is 638 g/mol. The van der Waals surface area contributed by atoms with E-state index in [1.165, 1.54) is 43.4 Å². The van der Waals surface area contributed by atoms with Crippen LogP contribution in [0.5, 0.6) is 0 Å². The first-order valence-electron chi connectivity index (χ1n) is 17.1. The average Bonchev–Trinajstić information content (AvgIpc) is 3.55. The lowest BCUT2D eigenvalue weighted by molar-refractivity contribution is 0.670. The molecule has 1 heterocycles. The summed E-state index contributed by atoms with van der Waals surface area (Å²) in [4.78, 5) is 2.35. The Hall–Kier alpha value is -6.64. The van der Waals surface area contributed by atoms with Crippen molar-refractivity contribution in [1.29, 1.82) is 0 Å². The molecule has 0 saturated carbocycles. The van der Waals surface area contributed by atoms with Crippen LogP contribution in [0, 0.1) is 0 Å². The van der Waals surface area contributed by atoms with E-state index < -0.39 is 0 Å². The molecule has 0 spiro atoms. The Kier molecular flexibility index (Phi) is 6.53. The second-order valence-electron chi connectivity index (χ2n) is 12.9. The minimum atomic E-state index is 0.862. The molecule has 0 aliphatic carbocycles. The summed E-state index contributed by atoms with van der Waals surface area (Å²) in [6.45, 7) is 0. The maximum atomic E-state index is 6.96. The Labute approximate surface area is 290 Å². The number of anilines is 3. The van der Waals surface area contributed by atoms with Gasteiger partial charge in [-0.3, -0.25) is 0 Å². The van der Waals surface area contributed by atoms with E-state index in [1.54, 1.807) is 0 Å². The number of rotatable bonds is 5. The van der Waals surface area contributed by atoms with Crippen molar-refractivity contribution in [2.45, 2.75) is 0 Å². The van der Waals surface area contributed by atoms with E-state index in [9.17, 15) is 0 Å². The van der Waals surface area contributed by atoms with Crippen molar-refractivity contribution < 1.29 is 4.42 Å². The topological polar surface area (TPSA) is 16.4 Å². The lowest BCUT2D eigenvalue weighted by Gasteiger charge is -2.27. The molecule has 0 aliphatic heterocycles. The van der Waals surface area contributed by atoms with Gasteiger partial charge in [0, 0.05) is 39.2 Å². The van der Waals surface area contributed by atoms with Crippen molar-refractivity contribution in [3.05, 3.63) is 188 Å². The van der Waals surface area contributed by atoms with E-state index in [1.807, 2.05) is 0 Å². The van der Waals surface area contributed by atoms with Gasteiger partial charge in [0.1, 0.15) is 11.2 Å². The molecule has 0 N–H and O–H groups in total. The van der Waals surface area contributed by atoms with Crippen LogP contribution < -0.4 is 4.90 Å². The molecule has 0 aliphatic rings. The van der Waals surface area contributed by atoms with Gasteiger partial charge in [-0.15, -0.1) is 0 Å². The Balaban J connectivity index is 1.19. The molecular formula is C48H31NO. The highest BCUT2D eigenvalue weighted by atomic mass is 16.3. The van der Waals surface area contributed by atoms with Gasteiger partial charge in [-0.1, -0.05) is 140 Å². The van der Waals surface area contributed by atoms with Gasteiger partial charge in [0.25, 0.3) is 0 Å². The number of nitrogens with zero attached hydrogens (tertiary/aromatic N) is 1. The third kappa shape index (κ3) is 4.65. The zero-order valence-electron chi connectivity index (χ0n) is 27.3. The van der Waals surface area contributed by atoms with E-state index in [2.05, 4.69) is 193 Å². The number of benzene rings is 9. The Morgan fingerprint density at radius 2 is 0.980 bits per heavy atom. The maximum absolute atomic E-state index is 6.96. The summed E-state index contributed by atoms with van der Waals surface area (Å²) in [5.41, 5.74) is 9.69. The largest absolute Gasteiger partial charge is 0.455 e. The van der Waals surface area contributed by atoms with Crippen LogP contribution in [0.2, 0.25) is 0 Å². The molecule has 234 valence electrons. The molecule has 0 fully saturated rings. The van der Waals surface area contributed by atoms with Gasteiger partial charge in [0.2, 0.25) is 0 Å². The summed E-state index contributed by atoms with van der Waals surface area (Å²) >= 11 is 0. The third-order valence-electron chi connectivity index (χ3n) is 10.0. The van der Waals surface area contributed by atoms with Gasteiger partial charge < -0.3 is 9.32 Å². The summed E-state index contributed by atoms with van der Waals surface area (Å²) in [5.74, 6) is 0. The van der Waals surface area contributed by atoms with Gasteiger partial charge in [-0.2, -0.15) is 0 Å². The number of hydrogen-bond acceptors (Lipinski definition) is 2. The molecule has 0 unspecified atom stereocenters. The molecule has 0 saturated heterocycles. The minimum absolute atomic E-state index is 0.862. The monoisotopic (exact) mass is 637 g/mol. The predicted octanol–water partition coefficient (Wildman–Crippen LogP) is 13.8. The molecule has 1 aromatic heterocycles. The van der Waals surface area contributed by atoms with Crippen molar-refractivity contribution >= 4 is 71.3 Å². The number of fused-ring (bicyclic) bond motifs is 6. The molecule has 0 atom stereocenters. The first-order valence-corrected chi connectivity index (χ1v) is 17.1. The molecule has 10 rings (SSSR count). The van der Waals surface area contributed by atoms with Crippen LogP contribution in [0.15, 0.2) is 192 Å². The van der Waals surface area contributed by atoms with Gasteiger partial charge in [0.15, 0.2) is 0 Å². The fraction of sp³-hybridized carbons (Fsp3) is 0. The van der Waals surface area contributed by atoms with Crippen LogP contribution in [-0.4, -0.2) is 0 Å². The highest BCUT2D eigenvalue weighted by Crippen LogP contribution is 2.45. The van der Waals surface area contributed by atoms with Crippen molar-refractivity contribution in [3.8, 4) is 22.3 Å². The number of hydrogen-bond donors (Lipinski definition) is 0. The lowest BCUT2D eigenvalue weighted by atomic mass is 9.94. The molecular weight excluding hydrogens is 607 g/mol.